The van der Waals surface area contributed by atoms with Gasteiger partial charge in [0.1, 0.15) is 5.82 Å². The lowest BCUT2D eigenvalue weighted by Crippen LogP contribution is -2.09. The van der Waals surface area contributed by atoms with E-state index in [1.54, 1.807) is 6.20 Å². The minimum atomic E-state index is -0.320. The van der Waals surface area contributed by atoms with Crippen molar-refractivity contribution < 1.29 is 4.39 Å². The largest absolute Gasteiger partial charge is 0.377 e. The molecule has 0 radical (unpaired) electrons. The van der Waals surface area contributed by atoms with Crippen LogP contribution in [0, 0.1) is 19.7 Å². The second kappa shape index (κ2) is 5.12. The van der Waals surface area contributed by atoms with Crippen LogP contribution in [-0.4, -0.2) is 9.97 Å². The molecule has 0 bridgehead atoms. The molecule has 2 rings (SSSR count). The minimum Gasteiger partial charge on any atom is -0.377 e. The maximum Gasteiger partial charge on any atom is 0.141 e. The molecule has 2 aromatic heterocycles. The van der Waals surface area contributed by atoms with Gasteiger partial charge in [0.2, 0.25) is 0 Å². The van der Waals surface area contributed by atoms with Crippen LogP contribution in [0.1, 0.15) is 29.9 Å². The summed E-state index contributed by atoms with van der Waals surface area (Å²) in [6.07, 6.45) is 2.87. The number of nitrogens with one attached hydrogen (secondary N) is 1. The summed E-state index contributed by atoms with van der Waals surface area (Å²) in [5.41, 5.74) is 3.69. The number of pyridine rings is 2. The molecule has 94 valence electrons. The zero-order valence-electron chi connectivity index (χ0n) is 10.7. The average molecular weight is 245 g/mol. The molecule has 1 unspecified atom stereocenters. The quantitative estimate of drug-likeness (QED) is 0.900. The summed E-state index contributed by atoms with van der Waals surface area (Å²) in [6.45, 7) is 5.87. The third-order valence-corrected chi connectivity index (χ3v) is 2.82. The Morgan fingerprint density at radius 1 is 1.22 bits per heavy atom. The monoisotopic (exact) mass is 245 g/mol. The van der Waals surface area contributed by atoms with Crippen LogP contribution in [0.2, 0.25) is 0 Å². The number of anilines is 1. The number of rotatable bonds is 3. The zero-order valence-corrected chi connectivity index (χ0v) is 10.7. The van der Waals surface area contributed by atoms with Crippen LogP contribution >= 0.6 is 0 Å². The Morgan fingerprint density at radius 2 is 2.00 bits per heavy atom. The van der Waals surface area contributed by atoms with E-state index in [1.165, 1.54) is 12.3 Å². The van der Waals surface area contributed by atoms with E-state index in [4.69, 9.17) is 0 Å². The Hall–Kier alpha value is -1.97. The number of hydrogen-bond donors (Lipinski definition) is 1. The van der Waals surface area contributed by atoms with Crippen LogP contribution in [0.4, 0.5) is 10.1 Å². The molecule has 2 aromatic rings. The molecular weight excluding hydrogens is 229 g/mol. The molecule has 0 spiro atoms. The fraction of sp³-hybridized carbons (Fsp3) is 0.286. The molecular formula is C14H16FN3. The summed E-state index contributed by atoms with van der Waals surface area (Å²) < 4.78 is 13.1. The van der Waals surface area contributed by atoms with Crippen LogP contribution in [0.3, 0.4) is 0 Å². The molecule has 0 saturated carbocycles. The molecule has 0 aliphatic carbocycles. The van der Waals surface area contributed by atoms with E-state index in [0.29, 0.717) is 0 Å². The SMILES string of the molecule is Cc1ccc(NC(C)c2cncc(F)c2)c(C)n1. The van der Waals surface area contributed by atoms with Crippen LogP contribution in [0.15, 0.2) is 30.6 Å². The summed E-state index contributed by atoms with van der Waals surface area (Å²) >= 11 is 0. The molecule has 1 atom stereocenters. The van der Waals surface area contributed by atoms with Crippen molar-refractivity contribution in [2.45, 2.75) is 26.8 Å². The van der Waals surface area contributed by atoms with Crippen molar-refractivity contribution in [2.75, 3.05) is 5.32 Å². The molecule has 1 N–H and O–H groups in total. The van der Waals surface area contributed by atoms with Gasteiger partial charge in [-0.25, -0.2) is 4.39 Å². The van der Waals surface area contributed by atoms with Crippen molar-refractivity contribution >= 4 is 5.69 Å². The normalized spacial score (nSPS) is 12.2. The third-order valence-electron chi connectivity index (χ3n) is 2.82. The second-order valence-electron chi connectivity index (χ2n) is 4.39. The van der Waals surface area contributed by atoms with Crippen molar-refractivity contribution in [1.82, 2.24) is 9.97 Å². The van der Waals surface area contributed by atoms with Crippen LogP contribution in [0.5, 0.6) is 0 Å². The zero-order chi connectivity index (χ0) is 13.1. The number of nitrogens with zero attached hydrogens (tertiary/aromatic N) is 2. The van der Waals surface area contributed by atoms with Gasteiger partial charge in [-0.2, -0.15) is 0 Å². The van der Waals surface area contributed by atoms with Crippen molar-refractivity contribution in [3.05, 3.63) is 53.4 Å². The Kier molecular flexibility index (Phi) is 3.55. The molecule has 4 heteroatoms. The Labute approximate surface area is 106 Å². The first kappa shape index (κ1) is 12.5. The fourth-order valence-electron chi connectivity index (χ4n) is 1.82. The van der Waals surface area contributed by atoms with E-state index in [0.717, 1.165) is 22.6 Å². The highest BCUT2D eigenvalue weighted by molar-refractivity contribution is 5.49. The number of aryl methyl sites for hydroxylation is 2. The molecule has 0 amide bonds. The van der Waals surface area contributed by atoms with E-state index in [-0.39, 0.29) is 11.9 Å². The standard InChI is InChI=1S/C14H16FN3/c1-9-4-5-14(11(3)17-9)18-10(2)12-6-13(15)8-16-7-12/h4-8,10,18H,1-3H3. The van der Waals surface area contributed by atoms with Gasteiger partial charge in [0.25, 0.3) is 0 Å². The molecule has 0 aliphatic rings. The Bertz CT molecular complexity index is 554. The first-order valence-corrected chi connectivity index (χ1v) is 5.87. The lowest BCUT2D eigenvalue weighted by molar-refractivity contribution is 0.616. The van der Waals surface area contributed by atoms with E-state index in [2.05, 4.69) is 15.3 Å². The number of aromatic nitrogens is 2. The molecule has 0 aromatic carbocycles. The van der Waals surface area contributed by atoms with Crippen LogP contribution in [0.25, 0.3) is 0 Å². The lowest BCUT2D eigenvalue weighted by atomic mass is 10.1. The molecule has 0 aliphatic heterocycles. The first-order valence-electron chi connectivity index (χ1n) is 5.87. The molecule has 0 saturated heterocycles. The molecule has 2 heterocycles. The summed E-state index contributed by atoms with van der Waals surface area (Å²) in [5, 5.41) is 3.31. The van der Waals surface area contributed by atoms with Crippen molar-refractivity contribution in [3.8, 4) is 0 Å². The van der Waals surface area contributed by atoms with Gasteiger partial charge >= 0.3 is 0 Å². The van der Waals surface area contributed by atoms with E-state index in [1.807, 2.05) is 32.9 Å². The highest BCUT2D eigenvalue weighted by Gasteiger charge is 2.08. The van der Waals surface area contributed by atoms with Gasteiger partial charge in [-0.1, -0.05) is 0 Å². The topological polar surface area (TPSA) is 37.8 Å². The predicted octanol–water partition coefficient (Wildman–Crippen LogP) is 3.41. The van der Waals surface area contributed by atoms with Crippen molar-refractivity contribution in [3.63, 3.8) is 0 Å². The van der Waals surface area contributed by atoms with E-state index >= 15 is 0 Å². The van der Waals surface area contributed by atoms with Gasteiger partial charge in [-0.3, -0.25) is 9.97 Å². The van der Waals surface area contributed by atoms with Crippen molar-refractivity contribution in [1.29, 1.82) is 0 Å². The van der Waals surface area contributed by atoms with Gasteiger partial charge in [0, 0.05) is 11.9 Å². The summed E-state index contributed by atoms with van der Waals surface area (Å²) in [5.74, 6) is -0.320. The smallest absolute Gasteiger partial charge is 0.141 e. The van der Waals surface area contributed by atoms with E-state index < -0.39 is 0 Å². The molecule has 3 nitrogen and oxygen atoms in total. The van der Waals surface area contributed by atoms with Gasteiger partial charge in [0.05, 0.1) is 23.6 Å². The highest BCUT2D eigenvalue weighted by Crippen LogP contribution is 2.21. The van der Waals surface area contributed by atoms with Gasteiger partial charge in [-0.05, 0) is 44.5 Å². The number of halogens is 1. The highest BCUT2D eigenvalue weighted by atomic mass is 19.1. The second-order valence-corrected chi connectivity index (χ2v) is 4.39. The van der Waals surface area contributed by atoms with Gasteiger partial charge in [-0.15, -0.1) is 0 Å². The van der Waals surface area contributed by atoms with Crippen LogP contribution in [-0.2, 0) is 0 Å². The predicted molar refractivity (Wildman–Crippen MR) is 69.9 cm³/mol. The average Bonchev–Trinajstić information content (AvgIpc) is 2.32. The summed E-state index contributed by atoms with van der Waals surface area (Å²) in [6, 6.07) is 5.41. The van der Waals surface area contributed by atoms with Crippen molar-refractivity contribution in [2.24, 2.45) is 0 Å². The Balaban J connectivity index is 2.18. The van der Waals surface area contributed by atoms with E-state index in [9.17, 15) is 4.39 Å². The summed E-state index contributed by atoms with van der Waals surface area (Å²) in [7, 11) is 0. The third kappa shape index (κ3) is 2.83. The molecule has 18 heavy (non-hydrogen) atoms. The molecule has 0 fully saturated rings. The maximum atomic E-state index is 13.1. The van der Waals surface area contributed by atoms with Crippen LogP contribution < -0.4 is 5.32 Å². The Morgan fingerprint density at radius 3 is 2.67 bits per heavy atom. The fourth-order valence-corrected chi connectivity index (χ4v) is 1.82. The maximum absolute atomic E-state index is 13.1. The first-order chi connectivity index (χ1) is 8.56. The lowest BCUT2D eigenvalue weighted by Gasteiger charge is -2.17. The summed E-state index contributed by atoms with van der Waals surface area (Å²) in [4.78, 5) is 8.24. The number of hydrogen-bond acceptors (Lipinski definition) is 3. The van der Waals surface area contributed by atoms with Gasteiger partial charge < -0.3 is 5.32 Å². The minimum absolute atomic E-state index is 0.0172. The van der Waals surface area contributed by atoms with Gasteiger partial charge in [0.15, 0.2) is 0 Å².